The Morgan fingerprint density at radius 3 is 2.60 bits per heavy atom. The van der Waals surface area contributed by atoms with E-state index < -0.39 is 0 Å². The Morgan fingerprint density at radius 1 is 1.05 bits per heavy atom. The molecule has 0 radical (unpaired) electrons. The van der Waals surface area contributed by atoms with Crippen LogP contribution in [0.3, 0.4) is 0 Å². The predicted molar refractivity (Wildman–Crippen MR) is 158 cm³/mol. The lowest BCUT2D eigenvalue weighted by atomic mass is 9.89. The van der Waals surface area contributed by atoms with Crippen molar-refractivity contribution in [3.63, 3.8) is 0 Å². The molecule has 7 nitrogen and oxygen atoms in total. The first-order valence-corrected chi connectivity index (χ1v) is 15.1. The monoisotopic (exact) mass is 553 g/mol. The number of carbonyl (C=O) groups is 2. The SMILES string of the molecule is CCCC(=O)c1ccc(F)cc1.CCCCCCNC(=O)OC[NH+]1CCC2[C@@H](C1)c1cccc3c1N2CCN3C. The molecule has 3 aliphatic rings. The summed E-state index contributed by atoms with van der Waals surface area (Å²) < 4.78 is 17.9. The molecule has 40 heavy (non-hydrogen) atoms. The van der Waals surface area contributed by atoms with Crippen LogP contribution in [-0.4, -0.2) is 64.4 Å². The van der Waals surface area contributed by atoms with Gasteiger partial charge in [0.1, 0.15) is 5.82 Å². The molecule has 2 aromatic rings. The van der Waals surface area contributed by atoms with Crippen molar-refractivity contribution in [1.29, 1.82) is 0 Å². The molecule has 3 heterocycles. The molecular formula is C32H46FN4O3+. The molecule has 2 unspecified atom stereocenters. The van der Waals surface area contributed by atoms with Crippen molar-refractivity contribution in [2.24, 2.45) is 0 Å². The quantitative estimate of drug-likeness (QED) is 0.328. The van der Waals surface area contributed by atoms with Crippen molar-refractivity contribution in [1.82, 2.24) is 5.32 Å². The second kappa shape index (κ2) is 14.5. The average Bonchev–Trinajstić information content (AvgIpc) is 3.28. The van der Waals surface area contributed by atoms with E-state index in [1.54, 1.807) is 0 Å². The molecule has 3 atom stereocenters. The van der Waals surface area contributed by atoms with Crippen LogP contribution in [0.15, 0.2) is 42.5 Å². The van der Waals surface area contributed by atoms with Crippen LogP contribution < -0.4 is 20.0 Å². The highest BCUT2D eigenvalue weighted by atomic mass is 19.1. The van der Waals surface area contributed by atoms with Crippen LogP contribution in [0.25, 0.3) is 0 Å². The molecule has 2 aromatic carbocycles. The highest BCUT2D eigenvalue weighted by molar-refractivity contribution is 5.95. The molecule has 1 fully saturated rings. The molecule has 3 aliphatic heterocycles. The van der Waals surface area contributed by atoms with Gasteiger partial charge in [-0.25, -0.2) is 9.18 Å². The number of anilines is 2. The van der Waals surface area contributed by atoms with Gasteiger partial charge in [0.2, 0.25) is 6.73 Å². The van der Waals surface area contributed by atoms with E-state index in [1.807, 2.05) is 6.92 Å². The smallest absolute Gasteiger partial charge is 0.399 e. The third-order valence-corrected chi connectivity index (χ3v) is 8.34. The maximum absolute atomic E-state index is 12.4. The number of likely N-dealkylation sites (tertiary alicyclic amines) is 1. The maximum atomic E-state index is 12.4. The molecule has 0 aromatic heterocycles. The fourth-order valence-corrected chi connectivity index (χ4v) is 6.18. The first-order valence-electron chi connectivity index (χ1n) is 15.1. The summed E-state index contributed by atoms with van der Waals surface area (Å²) in [5, 5.41) is 2.89. The fourth-order valence-electron chi connectivity index (χ4n) is 6.18. The minimum atomic E-state index is -0.303. The zero-order valence-corrected chi connectivity index (χ0v) is 24.4. The minimum Gasteiger partial charge on any atom is -0.399 e. The van der Waals surface area contributed by atoms with Crippen LogP contribution in [0.5, 0.6) is 0 Å². The molecule has 8 heteroatoms. The van der Waals surface area contributed by atoms with E-state index in [0.29, 0.717) is 30.7 Å². The molecule has 218 valence electrons. The highest BCUT2D eigenvalue weighted by Crippen LogP contribution is 2.48. The Kier molecular flexibility index (Phi) is 10.8. The summed E-state index contributed by atoms with van der Waals surface area (Å²) in [6, 6.07) is 13.0. The number of unbranched alkanes of at least 4 members (excludes halogenated alkanes) is 3. The van der Waals surface area contributed by atoms with Crippen LogP contribution in [0, 0.1) is 5.82 Å². The van der Waals surface area contributed by atoms with Gasteiger partial charge in [-0.1, -0.05) is 45.2 Å². The Hall–Kier alpha value is -3.13. The summed E-state index contributed by atoms with van der Waals surface area (Å²) >= 11 is 0. The van der Waals surface area contributed by atoms with Gasteiger partial charge >= 0.3 is 6.09 Å². The van der Waals surface area contributed by atoms with Gasteiger partial charge in [-0.05, 0) is 48.7 Å². The van der Waals surface area contributed by atoms with Crippen molar-refractivity contribution >= 4 is 23.3 Å². The molecule has 1 amide bonds. The van der Waals surface area contributed by atoms with Crippen LogP contribution in [0.1, 0.15) is 80.6 Å². The summed E-state index contributed by atoms with van der Waals surface area (Å²) in [6.07, 6.45) is 6.91. The first-order chi connectivity index (χ1) is 19.4. The molecule has 0 bridgehead atoms. The van der Waals surface area contributed by atoms with E-state index in [4.69, 9.17) is 4.74 Å². The van der Waals surface area contributed by atoms with Crippen molar-refractivity contribution in [3.8, 4) is 0 Å². The Bertz CT molecular complexity index is 1130. The van der Waals surface area contributed by atoms with Gasteiger partial charge in [-0.2, -0.15) is 0 Å². The van der Waals surface area contributed by atoms with Gasteiger partial charge in [-0.15, -0.1) is 0 Å². The predicted octanol–water partition coefficient (Wildman–Crippen LogP) is 4.77. The number of benzene rings is 2. The number of piperidine rings is 1. The summed E-state index contributed by atoms with van der Waals surface area (Å²) in [7, 11) is 2.20. The van der Waals surface area contributed by atoms with Gasteiger partial charge < -0.3 is 24.8 Å². The number of amides is 1. The second-order valence-corrected chi connectivity index (χ2v) is 11.2. The van der Waals surface area contributed by atoms with Gasteiger partial charge in [0.15, 0.2) is 5.78 Å². The van der Waals surface area contributed by atoms with E-state index in [9.17, 15) is 14.0 Å². The van der Waals surface area contributed by atoms with Gasteiger partial charge in [-0.3, -0.25) is 4.79 Å². The van der Waals surface area contributed by atoms with Crippen LogP contribution in [0.4, 0.5) is 20.6 Å². The zero-order valence-electron chi connectivity index (χ0n) is 24.4. The standard InChI is InChI=1S/C22H34N4O2.C10H11FO/c1-3-4-5-6-11-23-22(27)28-16-25-12-10-19-18(15-25)17-8-7-9-20-21(17)26(19)14-13-24(20)2;1-2-3-10(12)8-4-6-9(11)7-5-8/h7-9,18-19H,3-6,10-16H2,1-2H3,(H,23,27);4-7H,2-3H2,1H3/p+1/t18-,19?;/m0./s1. The van der Waals surface area contributed by atoms with E-state index in [0.717, 1.165) is 45.6 Å². The number of Topliss-reactive ketones (excluding diaryl/α,β-unsaturated/α-hetero) is 1. The third-order valence-electron chi connectivity index (χ3n) is 8.34. The number of nitrogens with one attached hydrogen (secondary N) is 2. The van der Waals surface area contributed by atoms with Gasteiger partial charge in [0, 0.05) is 51.1 Å². The molecule has 0 spiro atoms. The normalized spacial score (nSPS) is 20.6. The largest absolute Gasteiger partial charge is 0.411 e. The van der Waals surface area contributed by atoms with Crippen LogP contribution >= 0.6 is 0 Å². The number of carbonyl (C=O) groups excluding carboxylic acids is 2. The Labute approximate surface area is 238 Å². The summed E-state index contributed by atoms with van der Waals surface area (Å²) in [4.78, 5) is 29.6. The Morgan fingerprint density at radius 2 is 1.85 bits per heavy atom. The number of para-hydroxylation sites is 1. The van der Waals surface area contributed by atoms with E-state index in [-0.39, 0.29) is 17.7 Å². The molecule has 0 saturated carbocycles. The van der Waals surface area contributed by atoms with Crippen LogP contribution in [-0.2, 0) is 4.74 Å². The lowest BCUT2D eigenvalue weighted by Gasteiger charge is -2.40. The molecule has 0 aliphatic carbocycles. The number of likely N-dealkylation sites (N-methyl/N-ethyl adjacent to an activating group) is 1. The number of halogens is 1. The van der Waals surface area contributed by atoms with Crippen LogP contribution in [0.2, 0.25) is 0 Å². The van der Waals surface area contributed by atoms with E-state index >= 15 is 0 Å². The first kappa shape index (κ1) is 29.8. The Balaban J connectivity index is 0.000000259. The minimum absolute atomic E-state index is 0.0810. The number of nitrogens with zero attached hydrogens (tertiary/aromatic N) is 2. The number of ketones is 1. The van der Waals surface area contributed by atoms with Gasteiger partial charge in [0.25, 0.3) is 0 Å². The number of ether oxygens (including phenoxy) is 1. The van der Waals surface area contributed by atoms with Crippen molar-refractivity contribution in [3.05, 3.63) is 59.4 Å². The number of hydrogen-bond acceptors (Lipinski definition) is 5. The van der Waals surface area contributed by atoms with E-state index in [1.165, 1.54) is 71.8 Å². The van der Waals surface area contributed by atoms with Crippen molar-refractivity contribution in [2.75, 3.05) is 56.3 Å². The zero-order chi connectivity index (χ0) is 28.5. The highest BCUT2D eigenvalue weighted by Gasteiger charge is 2.46. The molecule has 5 rings (SSSR count). The van der Waals surface area contributed by atoms with Crippen molar-refractivity contribution < 1.29 is 23.6 Å². The topological polar surface area (TPSA) is 66.3 Å². The summed E-state index contributed by atoms with van der Waals surface area (Å²) in [5.41, 5.74) is 4.92. The number of rotatable bonds is 10. The lowest BCUT2D eigenvalue weighted by molar-refractivity contribution is -0.923. The fraction of sp³-hybridized carbons (Fsp3) is 0.562. The number of fused-ring (bicyclic) bond motifs is 3. The molecular weight excluding hydrogens is 507 g/mol. The summed E-state index contributed by atoms with van der Waals surface area (Å²) in [5.74, 6) is 0.325. The number of quaternary nitrogens is 1. The number of hydrogen-bond donors (Lipinski definition) is 2. The average molecular weight is 554 g/mol. The third kappa shape index (κ3) is 7.33. The van der Waals surface area contributed by atoms with Crippen molar-refractivity contribution in [2.45, 2.75) is 70.8 Å². The molecule has 1 saturated heterocycles. The number of alkyl carbamates (subject to hydrolysis) is 1. The van der Waals surface area contributed by atoms with E-state index in [2.05, 4.69) is 47.3 Å². The summed E-state index contributed by atoms with van der Waals surface area (Å²) in [6.45, 7) is 9.66. The molecule has 2 N–H and O–H groups in total. The maximum Gasteiger partial charge on any atom is 0.411 e. The lowest BCUT2D eigenvalue weighted by Crippen LogP contribution is -3.14. The second-order valence-electron chi connectivity index (χ2n) is 11.2. The van der Waals surface area contributed by atoms with Gasteiger partial charge in [0.05, 0.1) is 30.4 Å².